The third-order valence-electron chi connectivity index (χ3n) is 5.62. The van der Waals surface area contributed by atoms with Gasteiger partial charge in [0, 0.05) is 11.5 Å². The second-order valence-electron chi connectivity index (χ2n) is 8.18. The van der Waals surface area contributed by atoms with Gasteiger partial charge < -0.3 is 13.9 Å². The number of ether oxygens (including phenoxy) is 2. The van der Waals surface area contributed by atoms with Gasteiger partial charge in [0.15, 0.2) is 0 Å². The van der Waals surface area contributed by atoms with Crippen LogP contribution >= 0.6 is 0 Å². The molecule has 0 unspecified atom stereocenters. The van der Waals surface area contributed by atoms with Crippen LogP contribution in [0, 0.1) is 0 Å². The van der Waals surface area contributed by atoms with E-state index in [4.69, 9.17) is 13.9 Å². The van der Waals surface area contributed by atoms with Gasteiger partial charge in [0.05, 0.1) is 12.2 Å². The Morgan fingerprint density at radius 3 is 2.33 bits per heavy atom. The number of unbranched alkanes of at least 4 members (excludes halogenated alkanes) is 5. The van der Waals surface area contributed by atoms with E-state index in [1.54, 1.807) is 30.3 Å². The number of carbonyl (C=O) groups excluding carboxylic acids is 1. The monoisotopic (exact) mass is 444 g/mol. The molecule has 0 bridgehead atoms. The van der Waals surface area contributed by atoms with Gasteiger partial charge in [0.2, 0.25) is 0 Å². The molecule has 0 aliphatic rings. The summed E-state index contributed by atoms with van der Waals surface area (Å²) in [7, 11) is 0. The predicted molar refractivity (Wildman–Crippen MR) is 130 cm³/mol. The Hall–Kier alpha value is -3.60. The van der Waals surface area contributed by atoms with Crippen LogP contribution in [0.2, 0.25) is 0 Å². The quantitative estimate of drug-likeness (QED) is 0.115. The molecule has 0 aliphatic carbocycles. The van der Waals surface area contributed by atoms with E-state index in [1.807, 2.05) is 30.3 Å². The largest absolute Gasteiger partial charge is 0.494 e. The number of fused-ring (bicyclic) bond motifs is 2. The van der Waals surface area contributed by atoms with Gasteiger partial charge in [-0.2, -0.15) is 0 Å². The molecular weight excluding hydrogens is 416 g/mol. The molecule has 0 amide bonds. The number of hydrogen-bond donors (Lipinski definition) is 0. The van der Waals surface area contributed by atoms with E-state index in [0.29, 0.717) is 22.3 Å². The lowest BCUT2D eigenvalue weighted by Crippen LogP contribution is -2.08. The summed E-state index contributed by atoms with van der Waals surface area (Å²) in [5.41, 5.74) is 0.491. The molecule has 4 aromatic rings. The first-order valence-electron chi connectivity index (χ1n) is 11.5. The summed E-state index contributed by atoms with van der Waals surface area (Å²) in [4.78, 5) is 24.0. The van der Waals surface area contributed by atoms with Crippen molar-refractivity contribution in [2.24, 2.45) is 0 Å². The molecule has 5 heteroatoms. The van der Waals surface area contributed by atoms with Gasteiger partial charge in [0.1, 0.15) is 17.1 Å². The second kappa shape index (κ2) is 10.8. The van der Waals surface area contributed by atoms with Crippen LogP contribution in [-0.4, -0.2) is 12.6 Å². The Labute approximate surface area is 192 Å². The van der Waals surface area contributed by atoms with Crippen molar-refractivity contribution < 1.29 is 18.7 Å². The number of esters is 1. The van der Waals surface area contributed by atoms with Crippen LogP contribution < -0.4 is 15.1 Å². The van der Waals surface area contributed by atoms with Gasteiger partial charge in [-0.15, -0.1) is 0 Å². The fourth-order valence-electron chi connectivity index (χ4n) is 3.79. The molecule has 170 valence electrons. The molecule has 0 atom stereocenters. The summed E-state index contributed by atoms with van der Waals surface area (Å²) in [6.07, 6.45) is 7.40. The van der Waals surface area contributed by atoms with Crippen LogP contribution in [0.25, 0.3) is 21.7 Å². The second-order valence-corrected chi connectivity index (χ2v) is 8.18. The average Bonchev–Trinajstić information content (AvgIpc) is 2.83. The Morgan fingerprint density at radius 2 is 1.45 bits per heavy atom. The molecule has 0 saturated heterocycles. The maximum absolute atomic E-state index is 12.7. The first-order chi connectivity index (χ1) is 16.1. The summed E-state index contributed by atoms with van der Waals surface area (Å²) in [6.45, 7) is 2.94. The zero-order valence-electron chi connectivity index (χ0n) is 18.8. The topological polar surface area (TPSA) is 65.7 Å². The molecule has 0 aliphatic heterocycles. The van der Waals surface area contributed by atoms with Gasteiger partial charge in [-0.3, -0.25) is 0 Å². The van der Waals surface area contributed by atoms with Crippen LogP contribution in [0.3, 0.4) is 0 Å². The van der Waals surface area contributed by atoms with E-state index >= 15 is 0 Å². The first-order valence-corrected chi connectivity index (χ1v) is 11.5. The normalized spacial score (nSPS) is 11.1. The highest BCUT2D eigenvalue weighted by atomic mass is 16.5. The summed E-state index contributed by atoms with van der Waals surface area (Å²) >= 11 is 0. The van der Waals surface area contributed by atoms with Gasteiger partial charge >= 0.3 is 11.6 Å². The summed E-state index contributed by atoms with van der Waals surface area (Å²) in [6, 6.07) is 19.2. The van der Waals surface area contributed by atoms with Crippen molar-refractivity contribution in [3.05, 3.63) is 82.7 Å². The first kappa shape index (κ1) is 22.6. The van der Waals surface area contributed by atoms with Crippen molar-refractivity contribution in [3.8, 4) is 11.5 Å². The highest BCUT2D eigenvalue weighted by Crippen LogP contribution is 2.24. The molecule has 5 nitrogen and oxygen atoms in total. The van der Waals surface area contributed by atoms with Crippen molar-refractivity contribution in [3.63, 3.8) is 0 Å². The number of benzene rings is 3. The standard InChI is InChI=1S/C28H28O5/c1-2-3-4-5-6-7-16-31-24-12-10-20-17-23(9-8-21(20)18-24)28(30)32-25-13-14-26-22(19-25)11-15-27(29)33-26/h8-15,17-19H,2-7,16H2,1H3. The third kappa shape index (κ3) is 6.01. The fraction of sp³-hybridized carbons (Fsp3) is 0.286. The molecule has 4 rings (SSSR count). The van der Waals surface area contributed by atoms with Crippen molar-refractivity contribution >= 4 is 27.7 Å². The van der Waals surface area contributed by atoms with Crippen LogP contribution in [0.15, 0.2) is 75.9 Å². The number of carbonyl (C=O) groups is 1. The maximum atomic E-state index is 12.7. The fourth-order valence-corrected chi connectivity index (χ4v) is 3.79. The molecule has 1 aromatic heterocycles. The SMILES string of the molecule is CCCCCCCCOc1ccc2cc(C(=O)Oc3ccc4oc(=O)ccc4c3)ccc2c1. The molecule has 3 aromatic carbocycles. The zero-order valence-corrected chi connectivity index (χ0v) is 18.8. The smallest absolute Gasteiger partial charge is 0.343 e. The van der Waals surface area contributed by atoms with Gasteiger partial charge in [-0.05, 0) is 65.7 Å². The molecule has 0 N–H and O–H groups in total. The lowest BCUT2D eigenvalue weighted by Gasteiger charge is -2.09. The van der Waals surface area contributed by atoms with E-state index in [-0.39, 0.29) is 0 Å². The van der Waals surface area contributed by atoms with Crippen LogP contribution in [0.4, 0.5) is 0 Å². The minimum absolute atomic E-state index is 0.389. The van der Waals surface area contributed by atoms with Crippen LogP contribution in [0.5, 0.6) is 11.5 Å². The minimum Gasteiger partial charge on any atom is -0.494 e. The highest BCUT2D eigenvalue weighted by molar-refractivity contribution is 5.97. The molecule has 0 fully saturated rings. The van der Waals surface area contributed by atoms with Crippen LogP contribution in [0.1, 0.15) is 55.8 Å². The van der Waals surface area contributed by atoms with Crippen molar-refractivity contribution in [1.29, 1.82) is 0 Å². The lowest BCUT2D eigenvalue weighted by molar-refractivity contribution is 0.0735. The molecule has 33 heavy (non-hydrogen) atoms. The van der Waals surface area contributed by atoms with Crippen molar-refractivity contribution in [2.75, 3.05) is 6.61 Å². The van der Waals surface area contributed by atoms with E-state index in [0.717, 1.165) is 29.5 Å². The zero-order chi connectivity index (χ0) is 23.0. The van der Waals surface area contributed by atoms with E-state index in [9.17, 15) is 9.59 Å². The third-order valence-corrected chi connectivity index (χ3v) is 5.62. The Kier molecular flexibility index (Phi) is 7.40. The predicted octanol–water partition coefficient (Wildman–Crippen LogP) is 6.90. The van der Waals surface area contributed by atoms with Crippen LogP contribution in [-0.2, 0) is 0 Å². The lowest BCUT2D eigenvalue weighted by atomic mass is 10.1. The molecule has 0 radical (unpaired) electrons. The molecule has 0 saturated carbocycles. The molecule has 0 spiro atoms. The van der Waals surface area contributed by atoms with Crippen molar-refractivity contribution in [1.82, 2.24) is 0 Å². The average molecular weight is 445 g/mol. The van der Waals surface area contributed by atoms with E-state index < -0.39 is 11.6 Å². The van der Waals surface area contributed by atoms with Crippen molar-refractivity contribution in [2.45, 2.75) is 45.4 Å². The Bertz CT molecular complexity index is 1300. The summed E-state index contributed by atoms with van der Waals surface area (Å²) in [5.74, 6) is 0.783. The molecule has 1 heterocycles. The van der Waals surface area contributed by atoms with Gasteiger partial charge in [-0.25, -0.2) is 9.59 Å². The number of hydrogen-bond acceptors (Lipinski definition) is 5. The van der Waals surface area contributed by atoms with Gasteiger partial charge in [-0.1, -0.05) is 51.2 Å². The van der Waals surface area contributed by atoms with E-state index in [2.05, 4.69) is 6.92 Å². The Balaban J connectivity index is 1.37. The van der Waals surface area contributed by atoms with E-state index in [1.165, 1.54) is 38.2 Å². The molecular formula is C28H28O5. The maximum Gasteiger partial charge on any atom is 0.343 e. The number of rotatable bonds is 10. The summed E-state index contributed by atoms with van der Waals surface area (Å²) < 4.78 is 16.5. The summed E-state index contributed by atoms with van der Waals surface area (Å²) in [5, 5.41) is 2.64. The Morgan fingerprint density at radius 1 is 0.758 bits per heavy atom. The van der Waals surface area contributed by atoms with Gasteiger partial charge in [0.25, 0.3) is 0 Å². The minimum atomic E-state index is -0.447. The highest BCUT2D eigenvalue weighted by Gasteiger charge is 2.11.